The smallest absolute Gasteiger partial charge is 0.0215 e. The van der Waals surface area contributed by atoms with Gasteiger partial charge in [-0.05, 0) is 24.7 Å². The Kier molecular flexibility index (Phi) is 3.23. The molecule has 0 saturated heterocycles. The number of hydrazine groups is 1. The van der Waals surface area contributed by atoms with Crippen LogP contribution in [-0.4, -0.2) is 6.04 Å². The number of hydrogen-bond acceptors (Lipinski definition) is 2. The molecule has 0 aromatic heterocycles. The van der Waals surface area contributed by atoms with E-state index in [1.54, 1.807) is 0 Å². The summed E-state index contributed by atoms with van der Waals surface area (Å²) in [4.78, 5) is 0. The standard InChI is InChI=1S/C11H22N2/c12-13-11(8-10-5-6-10)7-9-3-1-2-4-9/h9-11,13H,1-8,12H2. The lowest BCUT2D eigenvalue weighted by atomic mass is 9.95. The average Bonchev–Trinajstić information content (AvgIpc) is 2.80. The lowest BCUT2D eigenvalue weighted by Crippen LogP contribution is -2.36. The van der Waals surface area contributed by atoms with Gasteiger partial charge in [-0.25, -0.2) is 0 Å². The zero-order valence-electron chi connectivity index (χ0n) is 8.47. The van der Waals surface area contributed by atoms with Crippen molar-refractivity contribution >= 4 is 0 Å². The maximum absolute atomic E-state index is 5.58. The van der Waals surface area contributed by atoms with Gasteiger partial charge >= 0.3 is 0 Å². The molecule has 2 saturated carbocycles. The summed E-state index contributed by atoms with van der Waals surface area (Å²) >= 11 is 0. The Hall–Kier alpha value is -0.0800. The third-order valence-corrected chi connectivity index (χ3v) is 3.64. The van der Waals surface area contributed by atoms with Crippen LogP contribution in [0.2, 0.25) is 0 Å². The monoisotopic (exact) mass is 182 g/mol. The van der Waals surface area contributed by atoms with Crippen LogP contribution in [0.5, 0.6) is 0 Å². The average molecular weight is 182 g/mol. The van der Waals surface area contributed by atoms with Crippen LogP contribution in [-0.2, 0) is 0 Å². The van der Waals surface area contributed by atoms with E-state index in [4.69, 9.17) is 5.84 Å². The summed E-state index contributed by atoms with van der Waals surface area (Å²) in [7, 11) is 0. The van der Waals surface area contributed by atoms with Crippen LogP contribution in [0.4, 0.5) is 0 Å². The summed E-state index contributed by atoms with van der Waals surface area (Å²) in [6, 6.07) is 0.607. The van der Waals surface area contributed by atoms with Crippen LogP contribution in [0, 0.1) is 11.8 Å². The van der Waals surface area contributed by atoms with Crippen LogP contribution in [0.15, 0.2) is 0 Å². The van der Waals surface area contributed by atoms with Crippen molar-refractivity contribution in [1.29, 1.82) is 0 Å². The first kappa shape index (κ1) is 9.47. The van der Waals surface area contributed by atoms with Gasteiger partial charge in [0.1, 0.15) is 0 Å². The van der Waals surface area contributed by atoms with Crippen LogP contribution < -0.4 is 11.3 Å². The molecular weight excluding hydrogens is 160 g/mol. The Morgan fingerprint density at radius 2 is 1.54 bits per heavy atom. The van der Waals surface area contributed by atoms with Gasteiger partial charge in [-0.1, -0.05) is 38.5 Å². The molecule has 2 rings (SSSR count). The fourth-order valence-electron chi connectivity index (χ4n) is 2.64. The molecule has 1 atom stereocenters. The van der Waals surface area contributed by atoms with Crippen LogP contribution in [0.25, 0.3) is 0 Å². The predicted octanol–water partition coefficient (Wildman–Crippen LogP) is 2.20. The summed E-state index contributed by atoms with van der Waals surface area (Å²) in [5.74, 6) is 7.55. The van der Waals surface area contributed by atoms with E-state index in [2.05, 4.69) is 5.43 Å². The topological polar surface area (TPSA) is 38.0 Å². The van der Waals surface area contributed by atoms with E-state index < -0.39 is 0 Å². The van der Waals surface area contributed by atoms with Crippen molar-refractivity contribution in [3.8, 4) is 0 Å². The molecule has 2 nitrogen and oxygen atoms in total. The Balaban J connectivity index is 1.68. The largest absolute Gasteiger partial charge is 0.271 e. The Morgan fingerprint density at radius 3 is 2.00 bits per heavy atom. The highest BCUT2D eigenvalue weighted by Crippen LogP contribution is 2.36. The van der Waals surface area contributed by atoms with E-state index in [1.807, 2.05) is 0 Å². The van der Waals surface area contributed by atoms with Gasteiger partial charge in [-0.3, -0.25) is 11.3 Å². The summed E-state index contributed by atoms with van der Waals surface area (Å²) in [6.45, 7) is 0. The van der Waals surface area contributed by atoms with Crippen LogP contribution in [0.3, 0.4) is 0 Å². The number of rotatable bonds is 5. The zero-order chi connectivity index (χ0) is 9.10. The lowest BCUT2D eigenvalue weighted by Gasteiger charge is -2.19. The number of nitrogens with two attached hydrogens (primary N) is 1. The summed E-state index contributed by atoms with van der Waals surface area (Å²) in [5.41, 5.74) is 3.00. The Morgan fingerprint density at radius 1 is 1.00 bits per heavy atom. The highest BCUT2D eigenvalue weighted by Gasteiger charge is 2.27. The van der Waals surface area contributed by atoms with Gasteiger partial charge in [0.05, 0.1) is 0 Å². The molecule has 0 aromatic rings. The molecule has 0 radical (unpaired) electrons. The van der Waals surface area contributed by atoms with Crippen molar-refractivity contribution < 1.29 is 0 Å². The first-order valence-corrected chi connectivity index (χ1v) is 5.84. The highest BCUT2D eigenvalue weighted by molar-refractivity contribution is 4.81. The van der Waals surface area contributed by atoms with Gasteiger partial charge in [0.15, 0.2) is 0 Å². The molecule has 0 aliphatic heterocycles. The molecular formula is C11H22N2. The minimum atomic E-state index is 0.607. The van der Waals surface area contributed by atoms with E-state index in [9.17, 15) is 0 Å². The van der Waals surface area contributed by atoms with Gasteiger partial charge < -0.3 is 0 Å². The summed E-state index contributed by atoms with van der Waals surface area (Å²) in [6.07, 6.45) is 11.3. The molecule has 13 heavy (non-hydrogen) atoms. The van der Waals surface area contributed by atoms with Crippen molar-refractivity contribution in [3.05, 3.63) is 0 Å². The predicted molar refractivity (Wildman–Crippen MR) is 55.0 cm³/mol. The Labute approximate surface area is 81.2 Å². The van der Waals surface area contributed by atoms with E-state index in [0.717, 1.165) is 11.8 Å². The normalized spacial score (nSPS) is 26.5. The van der Waals surface area contributed by atoms with E-state index in [0.29, 0.717) is 6.04 Å². The summed E-state index contributed by atoms with van der Waals surface area (Å²) in [5, 5.41) is 0. The molecule has 2 aliphatic rings. The van der Waals surface area contributed by atoms with Crippen molar-refractivity contribution in [2.24, 2.45) is 17.7 Å². The molecule has 0 heterocycles. The molecule has 0 amide bonds. The van der Waals surface area contributed by atoms with E-state index in [-0.39, 0.29) is 0 Å². The third-order valence-electron chi connectivity index (χ3n) is 3.64. The van der Waals surface area contributed by atoms with Gasteiger partial charge in [0.2, 0.25) is 0 Å². The SMILES string of the molecule is NNC(CC1CCCC1)CC1CC1. The quantitative estimate of drug-likeness (QED) is 0.505. The summed E-state index contributed by atoms with van der Waals surface area (Å²) < 4.78 is 0. The number of hydrogen-bond donors (Lipinski definition) is 2. The number of nitrogens with one attached hydrogen (secondary N) is 1. The van der Waals surface area contributed by atoms with E-state index >= 15 is 0 Å². The minimum absolute atomic E-state index is 0.607. The maximum atomic E-state index is 5.58. The molecule has 2 fully saturated rings. The molecule has 1 unspecified atom stereocenters. The molecule has 2 heteroatoms. The minimum Gasteiger partial charge on any atom is -0.271 e. The molecule has 0 aromatic carbocycles. The second-order valence-electron chi connectivity index (χ2n) is 4.93. The molecule has 3 N–H and O–H groups in total. The highest BCUT2D eigenvalue weighted by atomic mass is 15.2. The van der Waals surface area contributed by atoms with Gasteiger partial charge in [0.25, 0.3) is 0 Å². The van der Waals surface area contributed by atoms with Crippen LogP contribution >= 0.6 is 0 Å². The van der Waals surface area contributed by atoms with Gasteiger partial charge in [0, 0.05) is 6.04 Å². The first-order valence-electron chi connectivity index (χ1n) is 5.84. The maximum Gasteiger partial charge on any atom is 0.0215 e. The van der Waals surface area contributed by atoms with Gasteiger partial charge in [-0.15, -0.1) is 0 Å². The molecule has 76 valence electrons. The van der Waals surface area contributed by atoms with Crippen molar-refractivity contribution in [2.75, 3.05) is 0 Å². The lowest BCUT2D eigenvalue weighted by molar-refractivity contribution is 0.363. The fraction of sp³-hybridized carbons (Fsp3) is 1.00. The second-order valence-corrected chi connectivity index (χ2v) is 4.93. The third kappa shape index (κ3) is 2.96. The molecule has 0 bridgehead atoms. The van der Waals surface area contributed by atoms with E-state index in [1.165, 1.54) is 51.4 Å². The Bertz CT molecular complexity index is 148. The van der Waals surface area contributed by atoms with Crippen molar-refractivity contribution in [1.82, 2.24) is 5.43 Å². The zero-order valence-corrected chi connectivity index (χ0v) is 8.47. The fourth-order valence-corrected chi connectivity index (χ4v) is 2.64. The second kappa shape index (κ2) is 4.43. The van der Waals surface area contributed by atoms with Gasteiger partial charge in [-0.2, -0.15) is 0 Å². The molecule has 2 aliphatic carbocycles. The molecule has 0 spiro atoms. The van der Waals surface area contributed by atoms with Crippen LogP contribution in [0.1, 0.15) is 51.4 Å². The van der Waals surface area contributed by atoms with Crippen molar-refractivity contribution in [2.45, 2.75) is 57.4 Å². The first-order chi connectivity index (χ1) is 6.38. The van der Waals surface area contributed by atoms with Crippen molar-refractivity contribution in [3.63, 3.8) is 0 Å².